The third-order valence-corrected chi connectivity index (χ3v) is 3.50. The summed E-state index contributed by atoms with van der Waals surface area (Å²) in [5.41, 5.74) is 0. The number of rotatable bonds is 9. The van der Waals surface area contributed by atoms with Gasteiger partial charge in [0.05, 0.1) is 6.54 Å². The van der Waals surface area contributed by atoms with Crippen LogP contribution in [-0.2, 0) is 6.42 Å². The first-order valence-corrected chi connectivity index (χ1v) is 8.79. The van der Waals surface area contributed by atoms with Gasteiger partial charge in [0.25, 0.3) is 0 Å². The van der Waals surface area contributed by atoms with Gasteiger partial charge in [-0.1, -0.05) is 32.9 Å². The summed E-state index contributed by atoms with van der Waals surface area (Å²) in [4.78, 5) is 8.97. The van der Waals surface area contributed by atoms with E-state index < -0.39 is 0 Å². The van der Waals surface area contributed by atoms with Gasteiger partial charge in [0.15, 0.2) is 11.8 Å². The van der Waals surface area contributed by atoms with Crippen LogP contribution < -0.4 is 10.6 Å². The fourth-order valence-corrected chi connectivity index (χ4v) is 2.08. The van der Waals surface area contributed by atoms with Gasteiger partial charge in [-0.15, -0.1) is 0 Å². The number of aromatic nitrogens is 2. The molecule has 0 aliphatic rings. The number of nitrogens with one attached hydrogen (secondary N) is 2. The fraction of sp³-hybridized carbons (Fsp3) is 0.824. The summed E-state index contributed by atoms with van der Waals surface area (Å²) in [6.07, 6.45) is 3.02. The molecule has 0 aliphatic carbocycles. The molecule has 1 rings (SSSR count). The zero-order valence-corrected chi connectivity index (χ0v) is 15.5. The summed E-state index contributed by atoms with van der Waals surface area (Å²) in [6.45, 7) is 14.4. The van der Waals surface area contributed by atoms with Crippen LogP contribution in [-0.4, -0.2) is 35.2 Å². The normalized spacial score (nSPS) is 13.7. The van der Waals surface area contributed by atoms with E-state index in [1.165, 1.54) is 6.42 Å². The molecule has 0 bridgehead atoms. The molecule has 0 spiro atoms. The van der Waals surface area contributed by atoms with Crippen molar-refractivity contribution in [2.75, 3.05) is 13.1 Å². The summed E-state index contributed by atoms with van der Waals surface area (Å²) < 4.78 is 5.24. The molecule has 6 heteroatoms. The lowest BCUT2D eigenvalue weighted by Gasteiger charge is -2.18. The van der Waals surface area contributed by atoms with E-state index in [2.05, 4.69) is 67.3 Å². The summed E-state index contributed by atoms with van der Waals surface area (Å²) in [5, 5.41) is 10.7. The maximum Gasteiger partial charge on any atom is 0.228 e. The second-order valence-corrected chi connectivity index (χ2v) is 6.73. The molecule has 0 aliphatic heterocycles. The van der Waals surface area contributed by atoms with Crippen molar-refractivity contribution < 1.29 is 4.52 Å². The first-order valence-electron chi connectivity index (χ1n) is 8.79. The lowest BCUT2D eigenvalue weighted by molar-refractivity contribution is 0.372. The maximum atomic E-state index is 5.24. The predicted octanol–water partition coefficient (Wildman–Crippen LogP) is 3.12. The molecular weight excluding hydrogens is 290 g/mol. The third-order valence-electron chi connectivity index (χ3n) is 3.50. The van der Waals surface area contributed by atoms with Gasteiger partial charge in [-0.2, -0.15) is 4.98 Å². The van der Waals surface area contributed by atoms with Crippen LogP contribution in [0, 0.1) is 5.92 Å². The SMILES string of the molecule is CCNC(=NCCc1nc(C(C)C)no1)NC(C)CCC(C)C. The van der Waals surface area contributed by atoms with E-state index in [9.17, 15) is 0 Å². The number of guanidine groups is 1. The lowest BCUT2D eigenvalue weighted by atomic mass is 10.0. The van der Waals surface area contributed by atoms with Crippen molar-refractivity contribution in [2.24, 2.45) is 10.9 Å². The molecule has 132 valence electrons. The van der Waals surface area contributed by atoms with Crippen molar-refractivity contribution in [3.05, 3.63) is 11.7 Å². The first-order chi connectivity index (χ1) is 10.9. The molecule has 0 saturated heterocycles. The highest BCUT2D eigenvalue weighted by molar-refractivity contribution is 5.80. The fourth-order valence-electron chi connectivity index (χ4n) is 2.08. The van der Waals surface area contributed by atoms with Crippen molar-refractivity contribution in [2.45, 2.75) is 72.8 Å². The summed E-state index contributed by atoms with van der Waals surface area (Å²) in [7, 11) is 0. The molecule has 23 heavy (non-hydrogen) atoms. The van der Waals surface area contributed by atoms with Crippen molar-refractivity contribution in [1.29, 1.82) is 0 Å². The van der Waals surface area contributed by atoms with Crippen molar-refractivity contribution in [3.8, 4) is 0 Å². The molecule has 1 atom stereocenters. The molecule has 6 nitrogen and oxygen atoms in total. The quantitative estimate of drug-likeness (QED) is 0.539. The number of hydrogen-bond acceptors (Lipinski definition) is 4. The number of hydrogen-bond donors (Lipinski definition) is 2. The van der Waals surface area contributed by atoms with Gasteiger partial charge >= 0.3 is 0 Å². The van der Waals surface area contributed by atoms with Gasteiger partial charge in [-0.3, -0.25) is 4.99 Å². The van der Waals surface area contributed by atoms with Gasteiger partial charge < -0.3 is 15.2 Å². The minimum atomic E-state index is 0.289. The van der Waals surface area contributed by atoms with Gasteiger partial charge in [0.1, 0.15) is 0 Å². The van der Waals surface area contributed by atoms with Crippen LogP contribution in [0.1, 0.15) is 72.0 Å². The Morgan fingerprint density at radius 1 is 1.17 bits per heavy atom. The van der Waals surface area contributed by atoms with Crippen LogP contribution in [0.2, 0.25) is 0 Å². The van der Waals surface area contributed by atoms with Crippen LogP contribution >= 0.6 is 0 Å². The molecule has 1 unspecified atom stereocenters. The molecule has 0 radical (unpaired) electrons. The van der Waals surface area contributed by atoms with Gasteiger partial charge in [-0.25, -0.2) is 0 Å². The Kier molecular flexibility index (Phi) is 8.66. The Hall–Kier alpha value is -1.59. The van der Waals surface area contributed by atoms with Crippen LogP contribution in [0.5, 0.6) is 0 Å². The average molecular weight is 323 g/mol. The van der Waals surface area contributed by atoms with Crippen LogP contribution in [0.15, 0.2) is 9.52 Å². The zero-order valence-electron chi connectivity index (χ0n) is 15.5. The van der Waals surface area contributed by atoms with E-state index in [-0.39, 0.29) is 5.92 Å². The Morgan fingerprint density at radius 3 is 2.48 bits per heavy atom. The van der Waals surface area contributed by atoms with Crippen LogP contribution in [0.4, 0.5) is 0 Å². The second kappa shape index (κ2) is 10.2. The lowest BCUT2D eigenvalue weighted by Crippen LogP contribution is -2.42. The topological polar surface area (TPSA) is 75.3 Å². The van der Waals surface area contributed by atoms with E-state index in [4.69, 9.17) is 4.52 Å². The highest BCUT2D eigenvalue weighted by Gasteiger charge is 2.10. The van der Waals surface area contributed by atoms with Crippen molar-refractivity contribution in [3.63, 3.8) is 0 Å². The zero-order chi connectivity index (χ0) is 17.2. The summed E-state index contributed by atoms with van der Waals surface area (Å²) >= 11 is 0. The minimum Gasteiger partial charge on any atom is -0.357 e. The second-order valence-electron chi connectivity index (χ2n) is 6.73. The molecule has 2 N–H and O–H groups in total. The Morgan fingerprint density at radius 2 is 1.91 bits per heavy atom. The Labute approximate surface area is 140 Å². The van der Waals surface area contributed by atoms with E-state index in [0.717, 1.165) is 30.7 Å². The Bertz CT molecular complexity index is 467. The van der Waals surface area contributed by atoms with E-state index in [1.807, 2.05) is 0 Å². The minimum absolute atomic E-state index is 0.289. The average Bonchev–Trinajstić information content (AvgIpc) is 2.94. The molecule has 0 saturated carbocycles. The molecule has 0 aromatic carbocycles. The van der Waals surface area contributed by atoms with E-state index >= 15 is 0 Å². The van der Waals surface area contributed by atoms with Gasteiger partial charge in [0.2, 0.25) is 5.89 Å². The first kappa shape index (κ1) is 19.5. The van der Waals surface area contributed by atoms with Gasteiger partial charge in [-0.05, 0) is 32.6 Å². The monoisotopic (exact) mass is 323 g/mol. The summed E-state index contributed by atoms with van der Waals surface area (Å²) in [5.74, 6) is 3.29. The van der Waals surface area contributed by atoms with Crippen molar-refractivity contribution in [1.82, 2.24) is 20.8 Å². The smallest absolute Gasteiger partial charge is 0.228 e. The largest absolute Gasteiger partial charge is 0.357 e. The van der Waals surface area contributed by atoms with E-state index in [0.29, 0.717) is 24.9 Å². The molecular formula is C17H33N5O. The molecule has 0 fully saturated rings. The molecule has 0 amide bonds. The summed E-state index contributed by atoms with van der Waals surface area (Å²) in [6, 6.07) is 0.408. The molecule has 1 aromatic rings. The molecule has 1 heterocycles. The maximum absolute atomic E-state index is 5.24. The van der Waals surface area contributed by atoms with Crippen LogP contribution in [0.25, 0.3) is 0 Å². The number of aliphatic imine (C=N–C) groups is 1. The van der Waals surface area contributed by atoms with Gasteiger partial charge in [0, 0.05) is 24.9 Å². The third kappa shape index (κ3) is 8.00. The molecule has 1 aromatic heterocycles. The van der Waals surface area contributed by atoms with Crippen molar-refractivity contribution >= 4 is 5.96 Å². The highest BCUT2D eigenvalue weighted by Crippen LogP contribution is 2.10. The van der Waals surface area contributed by atoms with E-state index in [1.54, 1.807) is 0 Å². The Balaban J connectivity index is 2.47. The van der Waals surface area contributed by atoms with Crippen LogP contribution in [0.3, 0.4) is 0 Å². The predicted molar refractivity (Wildman–Crippen MR) is 94.7 cm³/mol. The standard InChI is InChI=1S/C17H33N5O/c1-7-18-17(20-14(6)9-8-12(2)3)19-11-10-15-21-16(13(4)5)22-23-15/h12-14H,7-11H2,1-6H3,(H2,18,19,20). The highest BCUT2D eigenvalue weighted by atomic mass is 16.5. The number of nitrogens with zero attached hydrogens (tertiary/aromatic N) is 3.